The van der Waals surface area contributed by atoms with Gasteiger partial charge in [-0.2, -0.15) is 0 Å². The fourth-order valence-electron chi connectivity index (χ4n) is 3.81. The third-order valence-electron chi connectivity index (χ3n) is 5.50. The van der Waals surface area contributed by atoms with Crippen molar-refractivity contribution < 1.29 is 23.5 Å². The Balaban J connectivity index is 1.61. The molecule has 7 nitrogen and oxygen atoms in total. The van der Waals surface area contributed by atoms with Crippen LogP contribution in [0.15, 0.2) is 30.3 Å². The monoisotopic (exact) mass is 447 g/mol. The third kappa shape index (κ3) is 4.31. The third-order valence-corrected chi connectivity index (χ3v) is 5.81. The molecule has 0 bridgehead atoms. The van der Waals surface area contributed by atoms with Gasteiger partial charge < -0.3 is 24.6 Å². The molecular formula is C22H23ClFN3O4. The Morgan fingerprint density at radius 2 is 2.00 bits per heavy atom. The molecule has 2 heterocycles. The Morgan fingerprint density at radius 1 is 1.26 bits per heavy atom. The molecule has 0 spiro atoms. The van der Waals surface area contributed by atoms with Gasteiger partial charge in [-0.1, -0.05) is 23.7 Å². The summed E-state index contributed by atoms with van der Waals surface area (Å²) in [6, 6.07) is 6.67. The molecule has 0 unspecified atom stereocenters. The molecule has 1 N–H and O–H groups in total. The summed E-state index contributed by atoms with van der Waals surface area (Å²) in [5, 5.41) is 3.10. The molecule has 164 valence electrons. The topological polar surface area (TPSA) is 71.1 Å². The average molecular weight is 448 g/mol. The summed E-state index contributed by atoms with van der Waals surface area (Å²) in [7, 11) is 1.63. The smallest absolute Gasteiger partial charge is 0.318 e. The van der Waals surface area contributed by atoms with Crippen molar-refractivity contribution in [3.8, 4) is 11.5 Å². The van der Waals surface area contributed by atoms with E-state index in [0.29, 0.717) is 44.2 Å². The number of carbonyl (C=O) groups is 2. The summed E-state index contributed by atoms with van der Waals surface area (Å²) >= 11 is 6.17. The van der Waals surface area contributed by atoms with E-state index in [2.05, 4.69) is 5.32 Å². The molecule has 2 aromatic carbocycles. The van der Waals surface area contributed by atoms with Crippen molar-refractivity contribution in [3.05, 3.63) is 52.3 Å². The Bertz CT molecular complexity index is 1030. The molecule has 1 fully saturated rings. The zero-order chi connectivity index (χ0) is 22.1. The number of carbonyl (C=O) groups excluding carboxylic acids is 2. The van der Waals surface area contributed by atoms with Crippen LogP contribution in [0.4, 0.5) is 14.9 Å². The minimum absolute atomic E-state index is 0.168. The van der Waals surface area contributed by atoms with Crippen LogP contribution in [0.3, 0.4) is 0 Å². The van der Waals surface area contributed by atoms with E-state index >= 15 is 0 Å². The standard InChI is InChI=1S/C22H23ClFN3O4/c1-13-3-4-14-11-17(25-22(29)27-7-9-30-10-8-27)21(28)26(2)19(14)20(13)31-18-12-15(24)5-6-16(18)23/h3-6,12,17H,7-11H2,1-2H3,(H,25,29)/t17-/m1/s1. The van der Waals surface area contributed by atoms with Crippen LogP contribution in [-0.2, 0) is 16.0 Å². The molecule has 1 atom stereocenters. The van der Waals surface area contributed by atoms with Crippen molar-refractivity contribution in [2.75, 3.05) is 38.3 Å². The maximum atomic E-state index is 13.7. The minimum atomic E-state index is -0.693. The van der Waals surface area contributed by atoms with E-state index in [9.17, 15) is 14.0 Å². The molecule has 0 radical (unpaired) electrons. The average Bonchev–Trinajstić information content (AvgIpc) is 2.76. The number of hydrogen-bond acceptors (Lipinski definition) is 4. The predicted molar refractivity (Wildman–Crippen MR) is 114 cm³/mol. The number of aryl methyl sites for hydroxylation is 1. The van der Waals surface area contributed by atoms with Crippen molar-refractivity contribution >= 4 is 29.2 Å². The van der Waals surface area contributed by atoms with Gasteiger partial charge in [0.05, 0.1) is 23.9 Å². The zero-order valence-electron chi connectivity index (χ0n) is 17.3. The highest BCUT2D eigenvalue weighted by Gasteiger charge is 2.35. The predicted octanol–water partition coefficient (Wildman–Crippen LogP) is 3.51. The highest BCUT2D eigenvalue weighted by Crippen LogP contribution is 2.42. The number of urea groups is 1. The number of likely N-dealkylation sites (N-methyl/N-ethyl adjacent to an activating group) is 1. The SMILES string of the molecule is Cc1ccc2c(c1Oc1cc(F)ccc1Cl)N(C)C(=O)[C@H](NC(=O)N1CCOCC1)C2. The maximum absolute atomic E-state index is 13.7. The zero-order valence-corrected chi connectivity index (χ0v) is 18.0. The minimum Gasteiger partial charge on any atom is -0.453 e. The van der Waals surface area contributed by atoms with Crippen molar-refractivity contribution in [1.82, 2.24) is 10.2 Å². The second kappa shape index (κ2) is 8.72. The van der Waals surface area contributed by atoms with Gasteiger partial charge in [0, 0.05) is 32.6 Å². The van der Waals surface area contributed by atoms with E-state index in [4.69, 9.17) is 21.1 Å². The fourth-order valence-corrected chi connectivity index (χ4v) is 3.97. The van der Waals surface area contributed by atoms with Gasteiger partial charge in [0.25, 0.3) is 0 Å². The molecular weight excluding hydrogens is 425 g/mol. The lowest BCUT2D eigenvalue weighted by Gasteiger charge is -2.35. The maximum Gasteiger partial charge on any atom is 0.318 e. The number of anilines is 1. The van der Waals surface area contributed by atoms with E-state index < -0.39 is 11.9 Å². The quantitative estimate of drug-likeness (QED) is 0.781. The first-order chi connectivity index (χ1) is 14.8. The summed E-state index contributed by atoms with van der Waals surface area (Å²) in [5.41, 5.74) is 2.19. The fraction of sp³-hybridized carbons (Fsp3) is 0.364. The number of morpholine rings is 1. The summed E-state index contributed by atoms with van der Waals surface area (Å²) in [6.45, 7) is 3.79. The second-order valence-electron chi connectivity index (χ2n) is 7.60. The number of halogens is 2. The lowest BCUT2D eigenvalue weighted by Crippen LogP contribution is -2.56. The summed E-state index contributed by atoms with van der Waals surface area (Å²) in [4.78, 5) is 28.8. The van der Waals surface area contributed by atoms with E-state index in [-0.39, 0.29) is 22.7 Å². The molecule has 1 saturated heterocycles. The molecule has 31 heavy (non-hydrogen) atoms. The van der Waals surface area contributed by atoms with Crippen LogP contribution in [0, 0.1) is 12.7 Å². The molecule has 2 aliphatic rings. The molecule has 2 aliphatic heterocycles. The summed E-state index contributed by atoms with van der Waals surface area (Å²) in [6.07, 6.45) is 0.322. The van der Waals surface area contributed by atoms with Crippen molar-refractivity contribution in [3.63, 3.8) is 0 Å². The number of hydrogen-bond donors (Lipinski definition) is 1. The van der Waals surface area contributed by atoms with Crippen molar-refractivity contribution in [2.24, 2.45) is 0 Å². The summed E-state index contributed by atoms with van der Waals surface area (Å²) < 4.78 is 24.9. The number of benzene rings is 2. The lowest BCUT2D eigenvalue weighted by molar-refractivity contribution is -0.120. The highest BCUT2D eigenvalue weighted by molar-refractivity contribution is 6.32. The molecule has 9 heteroatoms. The van der Waals surface area contributed by atoms with Crippen LogP contribution in [0.2, 0.25) is 5.02 Å². The molecule has 0 aromatic heterocycles. The first kappa shape index (κ1) is 21.4. The van der Waals surface area contributed by atoms with Crippen LogP contribution in [0.25, 0.3) is 0 Å². The van der Waals surface area contributed by atoms with E-state index in [1.54, 1.807) is 11.9 Å². The van der Waals surface area contributed by atoms with Gasteiger partial charge in [0.2, 0.25) is 5.91 Å². The van der Waals surface area contributed by atoms with Gasteiger partial charge in [0.15, 0.2) is 5.75 Å². The van der Waals surface area contributed by atoms with Gasteiger partial charge in [-0.15, -0.1) is 0 Å². The van der Waals surface area contributed by atoms with Gasteiger partial charge in [-0.05, 0) is 30.2 Å². The second-order valence-corrected chi connectivity index (χ2v) is 8.01. The largest absolute Gasteiger partial charge is 0.453 e. The highest BCUT2D eigenvalue weighted by atomic mass is 35.5. The Labute approximate surface area is 184 Å². The van der Waals surface area contributed by atoms with Crippen LogP contribution in [0.5, 0.6) is 11.5 Å². The van der Waals surface area contributed by atoms with Crippen molar-refractivity contribution in [2.45, 2.75) is 19.4 Å². The Hall–Kier alpha value is -2.84. The molecule has 0 aliphatic carbocycles. The van der Waals surface area contributed by atoms with E-state index in [0.717, 1.165) is 11.1 Å². The number of rotatable bonds is 3. The number of nitrogens with one attached hydrogen (secondary N) is 1. The number of fused-ring (bicyclic) bond motifs is 1. The first-order valence-corrected chi connectivity index (χ1v) is 10.4. The summed E-state index contributed by atoms with van der Waals surface area (Å²) in [5.74, 6) is -0.132. The molecule has 3 amide bonds. The van der Waals surface area contributed by atoms with Crippen LogP contribution >= 0.6 is 11.6 Å². The Kier molecular flexibility index (Phi) is 6.02. The van der Waals surface area contributed by atoms with Gasteiger partial charge in [-0.25, -0.2) is 9.18 Å². The number of nitrogens with zero attached hydrogens (tertiary/aromatic N) is 2. The molecule has 2 aromatic rings. The van der Waals surface area contributed by atoms with Crippen LogP contribution < -0.4 is 15.0 Å². The number of amides is 3. The number of ether oxygens (including phenoxy) is 2. The molecule has 4 rings (SSSR count). The van der Waals surface area contributed by atoms with Crippen molar-refractivity contribution in [1.29, 1.82) is 0 Å². The van der Waals surface area contributed by atoms with E-state index in [1.807, 2.05) is 19.1 Å². The van der Waals surface area contributed by atoms with Gasteiger partial charge in [0.1, 0.15) is 17.6 Å². The van der Waals surface area contributed by atoms with Gasteiger partial charge >= 0.3 is 6.03 Å². The molecule has 0 saturated carbocycles. The van der Waals surface area contributed by atoms with Crippen LogP contribution in [-0.4, -0.2) is 56.2 Å². The van der Waals surface area contributed by atoms with Gasteiger partial charge in [-0.3, -0.25) is 4.79 Å². The lowest BCUT2D eigenvalue weighted by atomic mass is 9.95. The Morgan fingerprint density at radius 3 is 2.74 bits per heavy atom. The first-order valence-electron chi connectivity index (χ1n) is 10.0. The van der Waals surface area contributed by atoms with Crippen LogP contribution in [0.1, 0.15) is 11.1 Å². The van der Waals surface area contributed by atoms with E-state index in [1.165, 1.54) is 23.1 Å². The normalized spacial score (nSPS) is 18.6.